The molecule has 1 aliphatic heterocycles. The molecule has 0 bridgehead atoms. The van der Waals surface area contributed by atoms with E-state index < -0.39 is 0 Å². The first-order valence-corrected chi connectivity index (χ1v) is 4.64. The van der Waals surface area contributed by atoms with Crippen LogP contribution in [0.5, 0.6) is 0 Å². The van der Waals surface area contributed by atoms with Crippen LogP contribution in [0.1, 0.15) is 38.1 Å². The third-order valence-corrected chi connectivity index (χ3v) is 2.37. The molecule has 1 atom stereocenters. The second kappa shape index (κ2) is 2.81. The maximum Gasteiger partial charge on any atom is 0.105 e. The lowest BCUT2D eigenvalue weighted by Crippen LogP contribution is -2.18. The Morgan fingerprint density at radius 2 is 2.23 bits per heavy atom. The van der Waals surface area contributed by atoms with E-state index in [-0.39, 0.29) is 11.5 Å². The van der Waals surface area contributed by atoms with Crippen molar-refractivity contribution in [3.63, 3.8) is 0 Å². The zero-order valence-corrected chi connectivity index (χ0v) is 8.37. The molecule has 1 aliphatic rings. The molecule has 70 valence electrons. The SMILES string of the molecule is CC(C)(C)C1OCc2cccnc21. The summed E-state index contributed by atoms with van der Waals surface area (Å²) >= 11 is 0. The molecule has 0 saturated carbocycles. The van der Waals surface area contributed by atoms with Gasteiger partial charge in [0.1, 0.15) is 6.10 Å². The Hall–Kier alpha value is -0.890. The van der Waals surface area contributed by atoms with Crippen molar-refractivity contribution in [2.24, 2.45) is 5.41 Å². The lowest BCUT2D eigenvalue weighted by Gasteiger charge is -2.25. The Morgan fingerprint density at radius 3 is 2.92 bits per heavy atom. The fraction of sp³-hybridized carbons (Fsp3) is 0.545. The van der Waals surface area contributed by atoms with Crippen LogP contribution in [0.3, 0.4) is 0 Å². The molecule has 13 heavy (non-hydrogen) atoms. The van der Waals surface area contributed by atoms with Crippen LogP contribution in [0, 0.1) is 5.41 Å². The molecule has 2 rings (SSSR count). The van der Waals surface area contributed by atoms with Crippen molar-refractivity contribution in [3.8, 4) is 0 Å². The summed E-state index contributed by atoms with van der Waals surface area (Å²) in [6.07, 6.45) is 2.00. The smallest absolute Gasteiger partial charge is 0.105 e. The lowest BCUT2D eigenvalue weighted by atomic mass is 9.87. The first-order valence-electron chi connectivity index (χ1n) is 4.64. The van der Waals surface area contributed by atoms with Crippen LogP contribution in [0.4, 0.5) is 0 Å². The summed E-state index contributed by atoms with van der Waals surface area (Å²) in [5.74, 6) is 0. The van der Waals surface area contributed by atoms with Gasteiger partial charge in [0.2, 0.25) is 0 Å². The second-order valence-electron chi connectivity index (χ2n) is 4.60. The normalized spacial score (nSPS) is 21.6. The van der Waals surface area contributed by atoms with E-state index in [1.807, 2.05) is 12.3 Å². The van der Waals surface area contributed by atoms with Crippen molar-refractivity contribution in [1.82, 2.24) is 4.98 Å². The van der Waals surface area contributed by atoms with E-state index in [2.05, 4.69) is 31.8 Å². The van der Waals surface area contributed by atoms with Crippen molar-refractivity contribution in [2.45, 2.75) is 33.5 Å². The van der Waals surface area contributed by atoms with Gasteiger partial charge in [-0.25, -0.2) is 0 Å². The number of hydrogen-bond acceptors (Lipinski definition) is 2. The predicted octanol–water partition coefficient (Wildman–Crippen LogP) is 2.70. The molecule has 0 amide bonds. The number of aromatic nitrogens is 1. The fourth-order valence-corrected chi connectivity index (χ4v) is 1.72. The molecule has 0 aliphatic carbocycles. The van der Waals surface area contributed by atoms with E-state index in [9.17, 15) is 0 Å². The van der Waals surface area contributed by atoms with Crippen LogP contribution in [0.25, 0.3) is 0 Å². The summed E-state index contributed by atoms with van der Waals surface area (Å²) in [6.45, 7) is 7.26. The van der Waals surface area contributed by atoms with Gasteiger partial charge in [0.25, 0.3) is 0 Å². The van der Waals surface area contributed by atoms with E-state index in [4.69, 9.17) is 4.74 Å². The Kier molecular flexibility index (Phi) is 1.88. The van der Waals surface area contributed by atoms with Gasteiger partial charge in [-0.1, -0.05) is 26.8 Å². The quantitative estimate of drug-likeness (QED) is 0.608. The molecule has 2 nitrogen and oxygen atoms in total. The number of pyridine rings is 1. The van der Waals surface area contributed by atoms with Crippen molar-refractivity contribution in [3.05, 3.63) is 29.6 Å². The van der Waals surface area contributed by atoms with E-state index >= 15 is 0 Å². The van der Waals surface area contributed by atoms with Crippen LogP contribution in [-0.2, 0) is 11.3 Å². The number of rotatable bonds is 0. The molecule has 1 unspecified atom stereocenters. The molecule has 0 radical (unpaired) electrons. The van der Waals surface area contributed by atoms with Crippen molar-refractivity contribution >= 4 is 0 Å². The highest BCUT2D eigenvalue weighted by atomic mass is 16.5. The molecule has 0 saturated heterocycles. The molecule has 2 heteroatoms. The minimum atomic E-state index is 0.138. The van der Waals surface area contributed by atoms with Gasteiger partial charge in [0.05, 0.1) is 12.3 Å². The van der Waals surface area contributed by atoms with Gasteiger partial charge >= 0.3 is 0 Å². The van der Waals surface area contributed by atoms with Crippen LogP contribution in [0.15, 0.2) is 18.3 Å². The molecular formula is C11H15NO. The summed E-state index contributed by atoms with van der Waals surface area (Å²) < 4.78 is 5.73. The Labute approximate surface area is 78.9 Å². The minimum absolute atomic E-state index is 0.138. The van der Waals surface area contributed by atoms with Crippen LogP contribution in [0.2, 0.25) is 0 Å². The minimum Gasteiger partial charge on any atom is -0.367 e. The molecule has 1 aromatic heterocycles. The zero-order chi connectivity index (χ0) is 9.47. The highest BCUT2D eigenvalue weighted by Gasteiger charge is 2.34. The summed E-state index contributed by atoms with van der Waals surface area (Å²) in [5.41, 5.74) is 2.50. The van der Waals surface area contributed by atoms with Crippen molar-refractivity contribution < 1.29 is 4.74 Å². The second-order valence-corrected chi connectivity index (χ2v) is 4.60. The Balaban J connectivity index is 2.39. The van der Waals surface area contributed by atoms with Gasteiger partial charge in [-0.15, -0.1) is 0 Å². The Morgan fingerprint density at radius 1 is 1.46 bits per heavy atom. The molecule has 0 fully saturated rings. The van der Waals surface area contributed by atoms with Crippen LogP contribution in [-0.4, -0.2) is 4.98 Å². The van der Waals surface area contributed by atoms with Gasteiger partial charge in [0, 0.05) is 11.8 Å². The third kappa shape index (κ3) is 1.46. The van der Waals surface area contributed by atoms with Gasteiger partial charge < -0.3 is 4.74 Å². The standard InChI is InChI=1S/C11H15NO/c1-11(2,3)10-9-8(7-13-10)5-4-6-12-9/h4-6,10H,7H2,1-3H3. The molecule has 2 heterocycles. The maximum atomic E-state index is 5.73. The van der Waals surface area contributed by atoms with Crippen LogP contribution >= 0.6 is 0 Å². The summed E-state index contributed by atoms with van der Waals surface area (Å²) in [7, 11) is 0. The average molecular weight is 177 g/mol. The van der Waals surface area contributed by atoms with E-state index in [1.54, 1.807) is 0 Å². The zero-order valence-electron chi connectivity index (χ0n) is 8.37. The van der Waals surface area contributed by atoms with Crippen molar-refractivity contribution in [2.75, 3.05) is 0 Å². The number of nitrogens with zero attached hydrogens (tertiary/aromatic N) is 1. The van der Waals surface area contributed by atoms with Gasteiger partial charge in [-0.3, -0.25) is 4.98 Å². The molecule has 0 spiro atoms. The lowest BCUT2D eigenvalue weighted by molar-refractivity contribution is -0.00977. The monoisotopic (exact) mass is 177 g/mol. The number of fused-ring (bicyclic) bond motifs is 1. The highest BCUT2D eigenvalue weighted by Crippen LogP contribution is 2.41. The van der Waals surface area contributed by atoms with Gasteiger partial charge in [-0.2, -0.15) is 0 Å². The first kappa shape index (κ1) is 8.70. The Bertz CT molecular complexity index is 314. The van der Waals surface area contributed by atoms with Gasteiger partial charge in [0.15, 0.2) is 0 Å². The number of ether oxygens (including phenoxy) is 1. The predicted molar refractivity (Wildman–Crippen MR) is 51.2 cm³/mol. The largest absolute Gasteiger partial charge is 0.367 e. The average Bonchev–Trinajstić information content (AvgIpc) is 2.45. The van der Waals surface area contributed by atoms with E-state index in [0.29, 0.717) is 6.61 Å². The first-order chi connectivity index (χ1) is 6.09. The number of hydrogen-bond donors (Lipinski definition) is 0. The summed E-state index contributed by atoms with van der Waals surface area (Å²) in [5, 5.41) is 0. The molecule has 0 aromatic carbocycles. The molecule has 1 aromatic rings. The third-order valence-electron chi connectivity index (χ3n) is 2.37. The van der Waals surface area contributed by atoms with E-state index in [1.165, 1.54) is 5.56 Å². The maximum absolute atomic E-state index is 5.73. The highest BCUT2D eigenvalue weighted by molar-refractivity contribution is 5.25. The van der Waals surface area contributed by atoms with Gasteiger partial charge in [-0.05, 0) is 11.5 Å². The topological polar surface area (TPSA) is 22.1 Å². The summed E-state index contributed by atoms with van der Waals surface area (Å²) in [4.78, 5) is 4.38. The molecule has 0 N–H and O–H groups in total. The van der Waals surface area contributed by atoms with Crippen molar-refractivity contribution in [1.29, 1.82) is 0 Å². The molecular weight excluding hydrogens is 162 g/mol. The van der Waals surface area contributed by atoms with E-state index in [0.717, 1.165) is 5.69 Å². The summed E-state index contributed by atoms with van der Waals surface area (Å²) in [6, 6.07) is 4.06. The fourth-order valence-electron chi connectivity index (χ4n) is 1.72. The van der Waals surface area contributed by atoms with Crippen LogP contribution < -0.4 is 0 Å².